The molecule has 0 bridgehead atoms. The Balaban J connectivity index is 1.74. The second kappa shape index (κ2) is 12.0. The second-order valence-electron chi connectivity index (χ2n) is 10.6. The van der Waals surface area contributed by atoms with Gasteiger partial charge in [-0.05, 0) is 57.2 Å². The number of alkyl carbamates (subject to hydrolysis) is 1. The highest BCUT2D eigenvalue weighted by molar-refractivity contribution is 5.92. The third kappa shape index (κ3) is 7.54. The number of likely N-dealkylation sites (tertiary alicyclic amines) is 1. The van der Waals surface area contributed by atoms with Gasteiger partial charge in [-0.1, -0.05) is 50.2 Å². The average Bonchev–Trinajstić information content (AvgIpc) is 3.32. The van der Waals surface area contributed by atoms with Gasteiger partial charge >= 0.3 is 6.09 Å². The Kier molecular flexibility index (Phi) is 9.07. The van der Waals surface area contributed by atoms with Gasteiger partial charge in [-0.15, -0.1) is 0 Å². The number of rotatable bonds is 8. The summed E-state index contributed by atoms with van der Waals surface area (Å²) < 4.78 is 5.36. The SMILES string of the molecule is CC(C)C(NC(=O)OC(C)(C)C)C(=O)N1CCC[C@H]1C(=O)NC(Cc1ccccn1)c1ccccc1. The van der Waals surface area contributed by atoms with Gasteiger partial charge in [0.2, 0.25) is 11.8 Å². The molecule has 36 heavy (non-hydrogen) atoms. The van der Waals surface area contributed by atoms with Crippen molar-refractivity contribution in [1.29, 1.82) is 0 Å². The van der Waals surface area contributed by atoms with Crippen LogP contribution in [0.25, 0.3) is 0 Å². The molecule has 1 aliphatic heterocycles. The standard InChI is InChI=1S/C28H38N4O4/c1-19(2)24(31-27(35)36-28(3,4)5)26(34)32-17-11-15-23(32)25(33)30-22(20-12-7-6-8-13-20)18-21-14-9-10-16-29-21/h6-10,12-14,16,19,22-24H,11,15,17-18H2,1-5H3,(H,30,33)(H,31,35)/t22?,23-,24?/m0/s1. The van der Waals surface area contributed by atoms with E-state index in [-0.39, 0.29) is 23.8 Å². The molecule has 0 spiro atoms. The first-order chi connectivity index (χ1) is 17.0. The Bertz CT molecular complexity index is 1020. The van der Waals surface area contributed by atoms with Gasteiger partial charge in [-0.25, -0.2) is 4.79 Å². The van der Waals surface area contributed by atoms with Crippen LogP contribution in [0, 0.1) is 5.92 Å². The minimum absolute atomic E-state index is 0.171. The number of hydrogen-bond donors (Lipinski definition) is 2. The zero-order valence-electron chi connectivity index (χ0n) is 21.9. The highest BCUT2D eigenvalue weighted by Gasteiger charge is 2.39. The van der Waals surface area contributed by atoms with E-state index in [0.29, 0.717) is 19.4 Å². The molecule has 2 N–H and O–H groups in total. The maximum Gasteiger partial charge on any atom is 0.408 e. The van der Waals surface area contributed by atoms with Crippen LogP contribution >= 0.6 is 0 Å². The molecule has 8 heteroatoms. The lowest BCUT2D eigenvalue weighted by Crippen LogP contribution is -2.56. The van der Waals surface area contributed by atoms with Crippen molar-refractivity contribution in [2.75, 3.05) is 6.54 Å². The molecule has 2 unspecified atom stereocenters. The number of hydrogen-bond acceptors (Lipinski definition) is 5. The third-order valence-corrected chi connectivity index (χ3v) is 6.10. The third-order valence-electron chi connectivity index (χ3n) is 6.10. The van der Waals surface area contributed by atoms with E-state index < -0.39 is 23.8 Å². The van der Waals surface area contributed by atoms with Gasteiger partial charge in [0.25, 0.3) is 0 Å². The van der Waals surface area contributed by atoms with Crippen molar-refractivity contribution in [2.45, 2.75) is 77.6 Å². The summed E-state index contributed by atoms with van der Waals surface area (Å²) in [4.78, 5) is 45.4. The zero-order chi connectivity index (χ0) is 26.3. The van der Waals surface area contributed by atoms with E-state index in [9.17, 15) is 14.4 Å². The second-order valence-corrected chi connectivity index (χ2v) is 10.6. The highest BCUT2D eigenvalue weighted by Crippen LogP contribution is 2.23. The molecular weight excluding hydrogens is 456 g/mol. The van der Waals surface area contributed by atoms with Gasteiger partial charge < -0.3 is 20.3 Å². The van der Waals surface area contributed by atoms with Crippen LogP contribution in [-0.4, -0.2) is 52.0 Å². The summed E-state index contributed by atoms with van der Waals surface area (Å²) in [5.74, 6) is -0.643. The maximum atomic E-state index is 13.5. The Hall–Kier alpha value is -3.42. The van der Waals surface area contributed by atoms with Crippen molar-refractivity contribution in [2.24, 2.45) is 5.92 Å². The van der Waals surface area contributed by atoms with Crippen molar-refractivity contribution in [3.63, 3.8) is 0 Å². The number of pyridine rings is 1. The molecule has 3 atom stereocenters. The summed E-state index contributed by atoms with van der Waals surface area (Å²) in [5.41, 5.74) is 1.16. The molecule has 2 aromatic rings. The maximum absolute atomic E-state index is 13.5. The minimum atomic E-state index is -0.785. The van der Waals surface area contributed by atoms with E-state index in [1.807, 2.05) is 62.4 Å². The van der Waals surface area contributed by atoms with E-state index in [1.165, 1.54) is 0 Å². The summed E-state index contributed by atoms with van der Waals surface area (Å²) in [6.07, 6.45) is 2.91. The van der Waals surface area contributed by atoms with Gasteiger partial charge in [0, 0.05) is 24.9 Å². The first kappa shape index (κ1) is 27.2. The smallest absolute Gasteiger partial charge is 0.408 e. The van der Waals surface area contributed by atoms with Crippen LogP contribution in [0.3, 0.4) is 0 Å². The van der Waals surface area contributed by atoms with E-state index in [1.54, 1.807) is 31.9 Å². The fourth-order valence-corrected chi connectivity index (χ4v) is 4.36. The lowest BCUT2D eigenvalue weighted by Gasteiger charge is -2.32. The number of nitrogens with zero attached hydrogens (tertiary/aromatic N) is 2. The molecule has 3 amide bonds. The Morgan fingerprint density at radius 3 is 2.36 bits per heavy atom. The van der Waals surface area contributed by atoms with Crippen molar-refractivity contribution < 1.29 is 19.1 Å². The van der Waals surface area contributed by atoms with E-state index >= 15 is 0 Å². The van der Waals surface area contributed by atoms with Gasteiger partial charge in [-0.3, -0.25) is 14.6 Å². The fraction of sp³-hybridized carbons (Fsp3) is 0.500. The van der Waals surface area contributed by atoms with Crippen LogP contribution in [0.15, 0.2) is 54.7 Å². The lowest BCUT2D eigenvalue weighted by atomic mass is 10.00. The topological polar surface area (TPSA) is 101 Å². The van der Waals surface area contributed by atoms with Crippen molar-refractivity contribution in [3.05, 3.63) is 66.0 Å². The lowest BCUT2D eigenvalue weighted by molar-refractivity contribution is -0.141. The summed E-state index contributed by atoms with van der Waals surface area (Å²) >= 11 is 0. The molecule has 0 aliphatic carbocycles. The number of ether oxygens (including phenoxy) is 1. The van der Waals surface area contributed by atoms with Crippen molar-refractivity contribution in [3.8, 4) is 0 Å². The normalized spacial score (nSPS) is 17.4. The van der Waals surface area contributed by atoms with Crippen LogP contribution in [0.4, 0.5) is 4.79 Å². The molecule has 1 aromatic heterocycles. The van der Waals surface area contributed by atoms with Crippen molar-refractivity contribution in [1.82, 2.24) is 20.5 Å². The molecule has 1 saturated heterocycles. The summed E-state index contributed by atoms with van der Waals surface area (Å²) in [7, 11) is 0. The predicted octanol–water partition coefficient (Wildman–Crippen LogP) is 4.02. The van der Waals surface area contributed by atoms with Gasteiger partial charge in [0.15, 0.2) is 0 Å². The van der Waals surface area contributed by atoms with E-state index in [0.717, 1.165) is 17.7 Å². The van der Waals surface area contributed by atoms with Crippen LogP contribution in [-0.2, 0) is 20.7 Å². The zero-order valence-corrected chi connectivity index (χ0v) is 21.9. The summed E-state index contributed by atoms with van der Waals surface area (Å²) in [6, 6.07) is 13.8. The molecule has 0 saturated carbocycles. The van der Waals surface area contributed by atoms with Gasteiger partial charge in [0.05, 0.1) is 6.04 Å². The minimum Gasteiger partial charge on any atom is -0.444 e. The summed E-state index contributed by atoms with van der Waals surface area (Å²) in [5, 5.41) is 5.88. The molecule has 1 fully saturated rings. The first-order valence-electron chi connectivity index (χ1n) is 12.6. The Morgan fingerprint density at radius 1 is 1.06 bits per heavy atom. The molecule has 1 aromatic carbocycles. The number of carbonyl (C=O) groups is 3. The monoisotopic (exact) mass is 494 g/mol. The van der Waals surface area contributed by atoms with Crippen LogP contribution in [0.2, 0.25) is 0 Å². The van der Waals surface area contributed by atoms with Gasteiger partial charge in [0.1, 0.15) is 17.7 Å². The largest absolute Gasteiger partial charge is 0.444 e. The Labute approximate surface area is 213 Å². The van der Waals surface area contributed by atoms with Crippen molar-refractivity contribution >= 4 is 17.9 Å². The van der Waals surface area contributed by atoms with Gasteiger partial charge in [-0.2, -0.15) is 0 Å². The van der Waals surface area contributed by atoms with E-state index in [4.69, 9.17) is 4.74 Å². The fourth-order valence-electron chi connectivity index (χ4n) is 4.36. The molecule has 3 rings (SSSR count). The number of amides is 3. The number of benzene rings is 1. The number of carbonyl (C=O) groups excluding carboxylic acids is 3. The predicted molar refractivity (Wildman–Crippen MR) is 138 cm³/mol. The highest BCUT2D eigenvalue weighted by atomic mass is 16.6. The van der Waals surface area contributed by atoms with Crippen LogP contribution < -0.4 is 10.6 Å². The molecular formula is C28H38N4O4. The molecule has 8 nitrogen and oxygen atoms in total. The molecule has 1 aliphatic rings. The van der Waals surface area contributed by atoms with Crippen LogP contribution in [0.5, 0.6) is 0 Å². The first-order valence-corrected chi connectivity index (χ1v) is 12.6. The van der Waals surface area contributed by atoms with E-state index in [2.05, 4.69) is 15.6 Å². The van der Waals surface area contributed by atoms with Crippen LogP contribution in [0.1, 0.15) is 64.8 Å². The molecule has 194 valence electrons. The Morgan fingerprint density at radius 2 is 1.75 bits per heavy atom. The number of nitrogens with one attached hydrogen (secondary N) is 2. The quantitative estimate of drug-likeness (QED) is 0.577. The average molecular weight is 495 g/mol. The molecule has 2 heterocycles. The number of aromatic nitrogens is 1. The summed E-state index contributed by atoms with van der Waals surface area (Å²) in [6.45, 7) is 9.51. The molecule has 0 radical (unpaired) electrons.